The van der Waals surface area contributed by atoms with E-state index in [9.17, 15) is 4.79 Å². The number of Topliss-reactive ketones (excluding diaryl/α,β-unsaturated/α-hetero) is 1. The number of hydrogen-bond donors (Lipinski definition) is 0. The molecule has 3 heteroatoms. The molecule has 0 radical (unpaired) electrons. The van der Waals surface area contributed by atoms with E-state index in [1.807, 2.05) is 6.92 Å². The maximum atomic E-state index is 11.8. The molecule has 0 atom stereocenters. The zero-order valence-electron chi connectivity index (χ0n) is 8.08. The van der Waals surface area contributed by atoms with Crippen LogP contribution in [0.1, 0.15) is 29.0 Å². The summed E-state index contributed by atoms with van der Waals surface area (Å²) in [5, 5.41) is 0. The number of aryl methyl sites for hydroxylation is 1. The molecule has 0 saturated carbocycles. The minimum absolute atomic E-state index is 0.0489. The highest BCUT2D eigenvalue weighted by Crippen LogP contribution is 2.20. The van der Waals surface area contributed by atoms with E-state index < -0.39 is 0 Å². The van der Waals surface area contributed by atoms with Gasteiger partial charge in [0, 0.05) is 5.57 Å². The van der Waals surface area contributed by atoms with Crippen LogP contribution in [0.15, 0.2) is 28.6 Å². The van der Waals surface area contributed by atoms with E-state index in [1.54, 1.807) is 12.3 Å². The van der Waals surface area contributed by atoms with Crippen LogP contribution >= 0.6 is 0 Å². The highest BCUT2D eigenvalue weighted by Gasteiger charge is 2.19. The van der Waals surface area contributed by atoms with Crippen molar-refractivity contribution in [3.63, 3.8) is 0 Å². The molecule has 1 aliphatic rings. The Labute approximate surface area is 82.4 Å². The summed E-state index contributed by atoms with van der Waals surface area (Å²) >= 11 is 0. The summed E-state index contributed by atoms with van der Waals surface area (Å²) in [6, 6.07) is 1.79. The van der Waals surface area contributed by atoms with Gasteiger partial charge in [0.2, 0.25) is 5.78 Å². The summed E-state index contributed by atoms with van der Waals surface area (Å²) in [7, 11) is 0. The SMILES string of the molecule is Cc1ccoc1C(=O)C1=COCCC1. The molecule has 0 saturated heterocycles. The lowest BCUT2D eigenvalue weighted by Crippen LogP contribution is -2.09. The van der Waals surface area contributed by atoms with Crippen molar-refractivity contribution in [3.05, 3.63) is 35.5 Å². The summed E-state index contributed by atoms with van der Waals surface area (Å²) in [5.41, 5.74) is 1.58. The molecule has 0 aromatic carbocycles. The molecule has 0 amide bonds. The monoisotopic (exact) mass is 192 g/mol. The number of carbonyl (C=O) groups is 1. The van der Waals surface area contributed by atoms with E-state index in [4.69, 9.17) is 9.15 Å². The first kappa shape index (κ1) is 9.06. The Kier molecular flexibility index (Phi) is 2.39. The van der Waals surface area contributed by atoms with Crippen molar-refractivity contribution in [2.24, 2.45) is 0 Å². The fourth-order valence-corrected chi connectivity index (χ4v) is 1.48. The summed E-state index contributed by atoms with van der Waals surface area (Å²) in [4.78, 5) is 11.8. The van der Waals surface area contributed by atoms with Gasteiger partial charge in [-0.05, 0) is 31.4 Å². The van der Waals surface area contributed by atoms with Gasteiger partial charge in [0.25, 0.3) is 0 Å². The Morgan fingerprint density at radius 1 is 1.50 bits per heavy atom. The van der Waals surface area contributed by atoms with Crippen LogP contribution in [0.3, 0.4) is 0 Å². The number of carbonyl (C=O) groups excluding carboxylic acids is 1. The third kappa shape index (κ3) is 1.58. The highest BCUT2D eigenvalue weighted by molar-refractivity contribution is 6.07. The molecule has 0 unspecified atom stereocenters. The lowest BCUT2D eigenvalue weighted by atomic mass is 10.0. The van der Waals surface area contributed by atoms with Gasteiger partial charge in [-0.15, -0.1) is 0 Å². The molecule has 74 valence electrons. The number of hydrogen-bond acceptors (Lipinski definition) is 3. The number of ketones is 1. The maximum Gasteiger partial charge on any atom is 0.227 e. The summed E-state index contributed by atoms with van der Waals surface area (Å²) < 4.78 is 10.2. The first-order chi connectivity index (χ1) is 6.79. The Morgan fingerprint density at radius 2 is 2.36 bits per heavy atom. The quantitative estimate of drug-likeness (QED) is 0.676. The summed E-state index contributed by atoms with van der Waals surface area (Å²) in [6.07, 6.45) is 4.76. The predicted molar refractivity (Wildman–Crippen MR) is 51.0 cm³/mol. The van der Waals surface area contributed by atoms with Gasteiger partial charge in [-0.25, -0.2) is 0 Å². The largest absolute Gasteiger partial charge is 0.501 e. The molecule has 1 aromatic rings. The second-order valence-corrected chi connectivity index (χ2v) is 3.38. The highest BCUT2D eigenvalue weighted by atomic mass is 16.5. The van der Waals surface area contributed by atoms with Gasteiger partial charge in [0.1, 0.15) is 0 Å². The Balaban J connectivity index is 2.23. The van der Waals surface area contributed by atoms with Gasteiger partial charge in [0.15, 0.2) is 5.76 Å². The van der Waals surface area contributed by atoms with Crippen molar-refractivity contribution in [1.82, 2.24) is 0 Å². The van der Waals surface area contributed by atoms with Crippen LogP contribution in [-0.4, -0.2) is 12.4 Å². The molecule has 2 heterocycles. The van der Waals surface area contributed by atoms with E-state index in [0.29, 0.717) is 17.9 Å². The molecular weight excluding hydrogens is 180 g/mol. The van der Waals surface area contributed by atoms with Gasteiger partial charge in [-0.2, -0.15) is 0 Å². The van der Waals surface area contributed by atoms with Crippen LogP contribution in [0.5, 0.6) is 0 Å². The number of furan rings is 1. The van der Waals surface area contributed by atoms with E-state index in [0.717, 1.165) is 18.4 Å². The molecule has 0 fully saturated rings. The molecule has 14 heavy (non-hydrogen) atoms. The van der Waals surface area contributed by atoms with Gasteiger partial charge < -0.3 is 9.15 Å². The second-order valence-electron chi connectivity index (χ2n) is 3.38. The topological polar surface area (TPSA) is 39.4 Å². The van der Waals surface area contributed by atoms with E-state index in [2.05, 4.69) is 0 Å². The normalized spacial score (nSPS) is 15.9. The van der Waals surface area contributed by atoms with Crippen molar-refractivity contribution in [3.8, 4) is 0 Å². The van der Waals surface area contributed by atoms with E-state index >= 15 is 0 Å². The van der Waals surface area contributed by atoms with Gasteiger partial charge in [0.05, 0.1) is 19.1 Å². The molecule has 3 nitrogen and oxygen atoms in total. The summed E-state index contributed by atoms with van der Waals surface area (Å²) in [5.74, 6) is 0.383. The molecule has 1 aliphatic heterocycles. The molecule has 0 spiro atoms. The zero-order chi connectivity index (χ0) is 9.97. The third-order valence-electron chi connectivity index (χ3n) is 2.29. The van der Waals surface area contributed by atoms with Gasteiger partial charge in [-0.3, -0.25) is 4.79 Å². The molecule has 0 bridgehead atoms. The van der Waals surface area contributed by atoms with E-state index in [-0.39, 0.29) is 5.78 Å². The van der Waals surface area contributed by atoms with Crippen LogP contribution in [0, 0.1) is 6.92 Å². The maximum absolute atomic E-state index is 11.8. The fourth-order valence-electron chi connectivity index (χ4n) is 1.48. The Morgan fingerprint density at radius 3 is 2.93 bits per heavy atom. The molecule has 1 aromatic heterocycles. The number of ether oxygens (including phenoxy) is 1. The summed E-state index contributed by atoms with van der Waals surface area (Å²) in [6.45, 7) is 2.56. The van der Waals surface area contributed by atoms with Gasteiger partial charge >= 0.3 is 0 Å². The minimum atomic E-state index is -0.0489. The van der Waals surface area contributed by atoms with Crippen molar-refractivity contribution in [1.29, 1.82) is 0 Å². The van der Waals surface area contributed by atoms with Crippen molar-refractivity contribution in [2.75, 3.05) is 6.61 Å². The predicted octanol–water partition coefficient (Wildman–Crippen LogP) is 2.47. The van der Waals surface area contributed by atoms with Crippen LogP contribution in [0.2, 0.25) is 0 Å². The number of allylic oxidation sites excluding steroid dienone is 1. The standard InChI is InChI=1S/C11H12O3/c1-8-4-6-14-11(8)10(12)9-3-2-5-13-7-9/h4,6-7H,2-3,5H2,1H3. The fraction of sp³-hybridized carbons (Fsp3) is 0.364. The molecule has 2 rings (SSSR count). The van der Waals surface area contributed by atoms with Crippen molar-refractivity contribution < 1.29 is 13.9 Å². The van der Waals surface area contributed by atoms with Crippen LogP contribution in [-0.2, 0) is 4.74 Å². The smallest absolute Gasteiger partial charge is 0.227 e. The third-order valence-corrected chi connectivity index (χ3v) is 2.29. The van der Waals surface area contributed by atoms with Crippen LogP contribution in [0.25, 0.3) is 0 Å². The minimum Gasteiger partial charge on any atom is -0.501 e. The van der Waals surface area contributed by atoms with Crippen LogP contribution in [0.4, 0.5) is 0 Å². The zero-order valence-corrected chi connectivity index (χ0v) is 8.08. The first-order valence-electron chi connectivity index (χ1n) is 4.68. The molecule has 0 aliphatic carbocycles. The lowest BCUT2D eigenvalue weighted by Gasteiger charge is -2.11. The average molecular weight is 192 g/mol. The van der Waals surface area contributed by atoms with Gasteiger partial charge in [-0.1, -0.05) is 0 Å². The molecular formula is C11H12O3. The van der Waals surface area contributed by atoms with Crippen molar-refractivity contribution in [2.45, 2.75) is 19.8 Å². The second kappa shape index (κ2) is 3.70. The van der Waals surface area contributed by atoms with E-state index in [1.165, 1.54) is 6.26 Å². The van der Waals surface area contributed by atoms with Crippen LogP contribution < -0.4 is 0 Å². The Bertz CT molecular complexity index is 374. The average Bonchev–Trinajstić information content (AvgIpc) is 2.65. The Hall–Kier alpha value is -1.51. The lowest BCUT2D eigenvalue weighted by molar-refractivity contribution is 0.0983. The number of rotatable bonds is 2. The first-order valence-corrected chi connectivity index (χ1v) is 4.68. The van der Waals surface area contributed by atoms with Crippen molar-refractivity contribution >= 4 is 5.78 Å². The molecule has 0 N–H and O–H groups in total.